The number of aromatic nitrogens is 6. The molecule has 0 spiro atoms. The van der Waals surface area contributed by atoms with Crippen molar-refractivity contribution >= 4 is 28.7 Å². The monoisotopic (exact) mass is 421 g/mol. The van der Waals surface area contributed by atoms with Crippen molar-refractivity contribution in [1.29, 1.82) is 0 Å². The molecule has 1 aromatic carbocycles. The first-order valence-electron chi connectivity index (χ1n) is 10.00. The van der Waals surface area contributed by atoms with E-state index in [-0.39, 0.29) is 0 Å². The van der Waals surface area contributed by atoms with Gasteiger partial charge in [-0.1, -0.05) is 0 Å². The maximum atomic E-state index is 6.06. The number of fused-ring (bicyclic) bond motifs is 1. The van der Waals surface area contributed by atoms with Crippen LogP contribution in [0.5, 0.6) is 5.75 Å². The topological polar surface area (TPSA) is 129 Å². The van der Waals surface area contributed by atoms with E-state index in [2.05, 4.69) is 30.9 Å². The van der Waals surface area contributed by atoms with E-state index in [0.717, 1.165) is 29.9 Å². The molecule has 160 valence electrons. The first-order chi connectivity index (χ1) is 15.2. The lowest BCUT2D eigenvalue weighted by Crippen LogP contribution is -2.09. The van der Waals surface area contributed by atoms with Crippen LogP contribution in [0.15, 0.2) is 43.1 Å². The van der Waals surface area contributed by atoms with Gasteiger partial charge in [0.1, 0.15) is 30.8 Å². The third-order valence-electron chi connectivity index (χ3n) is 4.90. The molecular formula is C20H23N9O2. The molecule has 3 heterocycles. The summed E-state index contributed by atoms with van der Waals surface area (Å²) in [6, 6.07) is 8.18. The van der Waals surface area contributed by atoms with Gasteiger partial charge < -0.3 is 25.8 Å². The van der Waals surface area contributed by atoms with Crippen molar-refractivity contribution in [3.8, 4) is 11.4 Å². The quantitative estimate of drug-likeness (QED) is 0.348. The molecule has 1 aliphatic rings. The van der Waals surface area contributed by atoms with Gasteiger partial charge in [-0.3, -0.25) is 4.57 Å². The predicted molar refractivity (Wildman–Crippen MR) is 116 cm³/mol. The summed E-state index contributed by atoms with van der Waals surface area (Å²) < 4.78 is 14.4. The van der Waals surface area contributed by atoms with Gasteiger partial charge in [-0.2, -0.15) is 4.52 Å². The molecule has 1 saturated carbocycles. The zero-order valence-corrected chi connectivity index (χ0v) is 17.0. The van der Waals surface area contributed by atoms with Crippen LogP contribution in [-0.4, -0.2) is 55.7 Å². The fraction of sp³-hybridized carbons (Fsp3) is 0.300. The minimum atomic E-state index is 0.437. The Hall–Kier alpha value is -3.86. The van der Waals surface area contributed by atoms with Gasteiger partial charge in [0.2, 0.25) is 0 Å². The Labute approximate surface area is 178 Å². The predicted octanol–water partition coefficient (Wildman–Crippen LogP) is 2.24. The SMILES string of the molecule is COCCOc1ccc(Nc2cc(NC3CC3)c3ncc(N)n3n2)cc1-n1cnnc1. The van der Waals surface area contributed by atoms with Crippen LogP contribution in [0, 0.1) is 0 Å². The number of nitrogen functional groups attached to an aromatic ring is 1. The summed E-state index contributed by atoms with van der Waals surface area (Å²) in [6.07, 6.45) is 7.16. The lowest BCUT2D eigenvalue weighted by atomic mass is 10.2. The zero-order valence-electron chi connectivity index (χ0n) is 17.0. The second-order valence-corrected chi connectivity index (χ2v) is 7.30. The van der Waals surface area contributed by atoms with E-state index < -0.39 is 0 Å². The molecule has 0 saturated heterocycles. The lowest BCUT2D eigenvalue weighted by Gasteiger charge is -2.15. The third kappa shape index (κ3) is 4.08. The summed E-state index contributed by atoms with van der Waals surface area (Å²) in [7, 11) is 1.64. The fourth-order valence-electron chi connectivity index (χ4n) is 3.23. The smallest absolute Gasteiger partial charge is 0.179 e. The summed E-state index contributed by atoms with van der Waals surface area (Å²) >= 11 is 0. The fourth-order valence-corrected chi connectivity index (χ4v) is 3.23. The Morgan fingerprint density at radius 3 is 2.77 bits per heavy atom. The summed E-state index contributed by atoms with van der Waals surface area (Å²) in [5.41, 5.74) is 9.29. The van der Waals surface area contributed by atoms with Gasteiger partial charge in [0, 0.05) is 24.9 Å². The first kappa shape index (κ1) is 19.1. The molecule has 11 nitrogen and oxygen atoms in total. The van der Waals surface area contributed by atoms with Gasteiger partial charge in [0.25, 0.3) is 0 Å². The number of benzene rings is 1. The van der Waals surface area contributed by atoms with Crippen LogP contribution >= 0.6 is 0 Å². The van der Waals surface area contributed by atoms with Crippen molar-refractivity contribution in [1.82, 2.24) is 29.4 Å². The Balaban J connectivity index is 1.47. The average Bonchev–Trinajstić information content (AvgIpc) is 3.26. The molecule has 0 aliphatic heterocycles. The second-order valence-electron chi connectivity index (χ2n) is 7.30. The molecule has 11 heteroatoms. The molecule has 0 bridgehead atoms. The third-order valence-corrected chi connectivity index (χ3v) is 4.90. The van der Waals surface area contributed by atoms with Crippen molar-refractivity contribution in [3.63, 3.8) is 0 Å². The number of hydrogen-bond acceptors (Lipinski definition) is 9. The normalized spacial score (nSPS) is 13.5. The van der Waals surface area contributed by atoms with Crippen molar-refractivity contribution in [2.75, 3.05) is 36.7 Å². The van der Waals surface area contributed by atoms with E-state index in [0.29, 0.717) is 42.3 Å². The number of imidazole rings is 1. The molecule has 0 radical (unpaired) electrons. The number of rotatable bonds is 9. The van der Waals surface area contributed by atoms with Crippen LogP contribution in [-0.2, 0) is 4.74 Å². The number of ether oxygens (including phenoxy) is 2. The molecule has 0 atom stereocenters. The molecule has 1 aliphatic carbocycles. The summed E-state index contributed by atoms with van der Waals surface area (Å²) in [5.74, 6) is 1.81. The maximum absolute atomic E-state index is 6.06. The van der Waals surface area contributed by atoms with Gasteiger partial charge in [-0.05, 0) is 31.0 Å². The molecule has 31 heavy (non-hydrogen) atoms. The van der Waals surface area contributed by atoms with Gasteiger partial charge >= 0.3 is 0 Å². The maximum Gasteiger partial charge on any atom is 0.179 e. The van der Waals surface area contributed by atoms with Crippen LogP contribution in [0.2, 0.25) is 0 Å². The first-order valence-corrected chi connectivity index (χ1v) is 10.00. The molecule has 0 amide bonds. The number of nitrogens with two attached hydrogens (primary N) is 1. The largest absolute Gasteiger partial charge is 0.489 e. The molecule has 5 rings (SSSR count). The Bertz CT molecular complexity index is 1190. The van der Waals surface area contributed by atoms with Crippen molar-refractivity contribution in [3.05, 3.63) is 43.1 Å². The van der Waals surface area contributed by atoms with E-state index >= 15 is 0 Å². The Morgan fingerprint density at radius 1 is 1.16 bits per heavy atom. The number of anilines is 4. The highest BCUT2D eigenvalue weighted by molar-refractivity contribution is 5.75. The second kappa shape index (κ2) is 8.11. The van der Waals surface area contributed by atoms with E-state index in [1.54, 1.807) is 35.0 Å². The number of nitrogens with one attached hydrogen (secondary N) is 2. The van der Waals surface area contributed by atoms with Gasteiger partial charge in [-0.25, -0.2) is 4.98 Å². The molecule has 1 fully saturated rings. The molecule has 0 unspecified atom stereocenters. The highest BCUT2D eigenvalue weighted by Crippen LogP contribution is 2.31. The van der Waals surface area contributed by atoms with Gasteiger partial charge in [-0.15, -0.1) is 15.3 Å². The van der Waals surface area contributed by atoms with Crippen LogP contribution in [0.4, 0.5) is 23.0 Å². The van der Waals surface area contributed by atoms with E-state index in [1.165, 1.54) is 0 Å². The number of hydrogen-bond donors (Lipinski definition) is 3. The van der Waals surface area contributed by atoms with E-state index in [9.17, 15) is 0 Å². The van der Waals surface area contributed by atoms with E-state index in [1.807, 2.05) is 24.3 Å². The molecule has 3 aromatic heterocycles. The lowest BCUT2D eigenvalue weighted by molar-refractivity contribution is 0.146. The Kier molecular flexibility index (Phi) is 5.00. The standard InChI is InChI=1S/C20H23N9O2/c1-30-6-7-31-17-5-4-14(8-16(17)28-11-23-24-12-28)26-19-9-15(25-13-2-3-13)20-22-10-18(21)29(20)27-19/h4-5,8-13,25H,2-3,6-7,21H2,1H3,(H,26,27). The zero-order chi connectivity index (χ0) is 21.2. The van der Waals surface area contributed by atoms with Crippen LogP contribution < -0.4 is 21.1 Å². The number of methoxy groups -OCH3 is 1. The highest BCUT2D eigenvalue weighted by Gasteiger charge is 2.23. The van der Waals surface area contributed by atoms with Crippen LogP contribution in [0.3, 0.4) is 0 Å². The summed E-state index contributed by atoms with van der Waals surface area (Å²) in [4.78, 5) is 4.38. The van der Waals surface area contributed by atoms with Crippen LogP contribution in [0.1, 0.15) is 12.8 Å². The Morgan fingerprint density at radius 2 is 2.00 bits per heavy atom. The van der Waals surface area contributed by atoms with E-state index in [4.69, 9.17) is 15.2 Å². The van der Waals surface area contributed by atoms with Crippen LogP contribution in [0.25, 0.3) is 11.3 Å². The number of nitrogens with zero attached hydrogens (tertiary/aromatic N) is 6. The average molecular weight is 421 g/mol. The van der Waals surface area contributed by atoms with Crippen molar-refractivity contribution < 1.29 is 9.47 Å². The van der Waals surface area contributed by atoms with Crippen molar-refractivity contribution in [2.24, 2.45) is 0 Å². The molecule has 4 aromatic rings. The minimum Gasteiger partial charge on any atom is -0.489 e. The molecule has 4 N–H and O–H groups in total. The van der Waals surface area contributed by atoms with Gasteiger partial charge in [0.15, 0.2) is 11.5 Å². The molecular weight excluding hydrogens is 398 g/mol. The summed E-state index contributed by atoms with van der Waals surface area (Å²) in [6.45, 7) is 0.932. The highest BCUT2D eigenvalue weighted by atomic mass is 16.5. The van der Waals surface area contributed by atoms with Gasteiger partial charge in [0.05, 0.1) is 24.2 Å². The summed E-state index contributed by atoms with van der Waals surface area (Å²) in [5, 5.41) is 19.2. The van der Waals surface area contributed by atoms with Crippen molar-refractivity contribution in [2.45, 2.75) is 18.9 Å². The minimum absolute atomic E-state index is 0.437.